The zero-order chi connectivity index (χ0) is 20.9. The third-order valence-corrected chi connectivity index (χ3v) is 4.77. The second-order valence-corrected chi connectivity index (χ2v) is 8.55. The number of halogens is 1. The van der Waals surface area contributed by atoms with Crippen LogP contribution in [0.1, 0.15) is 45.2 Å². The van der Waals surface area contributed by atoms with Gasteiger partial charge in [0.05, 0.1) is 12.0 Å². The van der Waals surface area contributed by atoms with Gasteiger partial charge in [0.25, 0.3) is 0 Å². The standard InChI is InChI=1S/C21H32FN3O3/c1-21(2,3)28-20(27)25-11-7-9-16(14-25)19(26)23-13-18(24(4)5)15-8-6-10-17(22)12-15/h6,8,10,12,16,18H,7,9,11,13-14H2,1-5H3,(H,23,26). The molecule has 28 heavy (non-hydrogen) atoms. The summed E-state index contributed by atoms with van der Waals surface area (Å²) in [7, 11) is 3.79. The van der Waals surface area contributed by atoms with Crippen LogP contribution in [-0.2, 0) is 9.53 Å². The van der Waals surface area contributed by atoms with Crippen LogP contribution in [0.15, 0.2) is 24.3 Å². The number of carbonyl (C=O) groups is 2. The number of hydrogen-bond donors (Lipinski definition) is 1. The van der Waals surface area contributed by atoms with Gasteiger partial charge in [0.2, 0.25) is 5.91 Å². The molecule has 0 bridgehead atoms. The van der Waals surface area contributed by atoms with Crippen molar-refractivity contribution in [2.75, 3.05) is 33.7 Å². The lowest BCUT2D eigenvalue weighted by Gasteiger charge is -2.34. The van der Waals surface area contributed by atoms with E-state index in [1.54, 1.807) is 11.0 Å². The minimum atomic E-state index is -0.559. The van der Waals surface area contributed by atoms with E-state index in [2.05, 4.69) is 5.32 Å². The maximum Gasteiger partial charge on any atom is 0.410 e. The fourth-order valence-corrected chi connectivity index (χ4v) is 3.34. The first-order chi connectivity index (χ1) is 13.1. The van der Waals surface area contributed by atoms with E-state index in [1.807, 2.05) is 45.8 Å². The van der Waals surface area contributed by atoms with E-state index in [4.69, 9.17) is 4.74 Å². The van der Waals surface area contributed by atoms with Crippen LogP contribution < -0.4 is 5.32 Å². The van der Waals surface area contributed by atoms with Crippen molar-refractivity contribution in [2.24, 2.45) is 5.92 Å². The molecule has 1 aliphatic heterocycles. The van der Waals surface area contributed by atoms with E-state index in [0.29, 0.717) is 19.6 Å². The summed E-state index contributed by atoms with van der Waals surface area (Å²) in [5, 5.41) is 2.98. The molecule has 2 amide bonds. The monoisotopic (exact) mass is 393 g/mol. The molecule has 7 heteroatoms. The third kappa shape index (κ3) is 6.48. The zero-order valence-corrected chi connectivity index (χ0v) is 17.5. The predicted molar refractivity (Wildman–Crippen MR) is 106 cm³/mol. The number of nitrogens with one attached hydrogen (secondary N) is 1. The number of carbonyl (C=O) groups excluding carboxylic acids is 2. The molecule has 1 aliphatic rings. The van der Waals surface area contributed by atoms with Crippen LogP contribution in [0, 0.1) is 11.7 Å². The van der Waals surface area contributed by atoms with E-state index in [0.717, 1.165) is 18.4 Å². The minimum absolute atomic E-state index is 0.0866. The molecule has 1 aromatic rings. The second kappa shape index (κ2) is 9.37. The van der Waals surface area contributed by atoms with Crippen LogP contribution >= 0.6 is 0 Å². The average Bonchev–Trinajstić information content (AvgIpc) is 2.60. The first kappa shape index (κ1) is 22.1. The summed E-state index contributed by atoms with van der Waals surface area (Å²) in [5.74, 6) is -0.649. The Labute approximate surface area is 167 Å². The predicted octanol–water partition coefficient (Wildman–Crippen LogP) is 3.19. The molecule has 156 valence electrons. The van der Waals surface area contributed by atoms with E-state index >= 15 is 0 Å². The normalized spacial score (nSPS) is 18.7. The van der Waals surface area contributed by atoms with Crippen LogP contribution in [0.3, 0.4) is 0 Å². The fourth-order valence-electron chi connectivity index (χ4n) is 3.34. The summed E-state index contributed by atoms with van der Waals surface area (Å²) in [4.78, 5) is 28.5. The van der Waals surface area contributed by atoms with Crippen LogP contribution in [0.2, 0.25) is 0 Å². The molecule has 2 rings (SSSR count). The summed E-state index contributed by atoms with van der Waals surface area (Å²) in [6, 6.07) is 6.28. The lowest BCUT2D eigenvalue weighted by Crippen LogP contribution is -2.47. The second-order valence-electron chi connectivity index (χ2n) is 8.55. The Kier molecular flexibility index (Phi) is 7.41. The summed E-state index contributed by atoms with van der Waals surface area (Å²) >= 11 is 0. The number of rotatable bonds is 5. The first-order valence-corrected chi connectivity index (χ1v) is 9.74. The number of benzene rings is 1. The number of likely N-dealkylation sites (tertiary alicyclic amines) is 1. The van der Waals surface area contributed by atoms with Crippen molar-refractivity contribution >= 4 is 12.0 Å². The van der Waals surface area contributed by atoms with Gasteiger partial charge in [-0.15, -0.1) is 0 Å². The van der Waals surface area contributed by atoms with Crippen molar-refractivity contribution in [1.82, 2.24) is 15.1 Å². The number of amides is 2. The highest BCUT2D eigenvalue weighted by molar-refractivity contribution is 5.80. The molecule has 0 saturated carbocycles. The van der Waals surface area contributed by atoms with Crippen LogP contribution in [-0.4, -0.2) is 61.1 Å². The van der Waals surface area contributed by atoms with Crippen LogP contribution in [0.25, 0.3) is 0 Å². The molecule has 2 unspecified atom stereocenters. The van der Waals surface area contributed by atoms with Crippen molar-refractivity contribution in [2.45, 2.75) is 45.3 Å². The smallest absolute Gasteiger partial charge is 0.410 e. The molecule has 2 atom stereocenters. The summed E-state index contributed by atoms with van der Waals surface area (Å²) in [6.07, 6.45) is 1.12. The molecule has 1 fully saturated rings. The Morgan fingerprint density at radius 3 is 2.68 bits per heavy atom. The van der Waals surface area contributed by atoms with E-state index in [9.17, 15) is 14.0 Å². The lowest BCUT2D eigenvalue weighted by atomic mass is 9.97. The SMILES string of the molecule is CN(C)C(CNC(=O)C1CCCN(C(=O)OC(C)(C)C)C1)c1cccc(F)c1. The number of piperidine rings is 1. The molecule has 0 aliphatic carbocycles. The Morgan fingerprint density at radius 2 is 2.07 bits per heavy atom. The first-order valence-electron chi connectivity index (χ1n) is 9.74. The lowest BCUT2D eigenvalue weighted by molar-refractivity contribution is -0.126. The highest BCUT2D eigenvalue weighted by Gasteiger charge is 2.31. The van der Waals surface area contributed by atoms with Gasteiger partial charge in [0.15, 0.2) is 0 Å². The average molecular weight is 394 g/mol. The molecular formula is C21H32FN3O3. The van der Waals surface area contributed by atoms with E-state index in [-0.39, 0.29) is 29.8 Å². The van der Waals surface area contributed by atoms with Gasteiger partial charge in [-0.2, -0.15) is 0 Å². The van der Waals surface area contributed by atoms with Gasteiger partial charge in [-0.05, 0) is 65.4 Å². The molecular weight excluding hydrogens is 361 g/mol. The highest BCUT2D eigenvalue weighted by atomic mass is 19.1. The summed E-state index contributed by atoms with van der Waals surface area (Å²) < 4.78 is 19.0. The Hall–Kier alpha value is -2.15. The number of hydrogen-bond acceptors (Lipinski definition) is 4. The van der Waals surface area contributed by atoms with Crippen molar-refractivity contribution < 1.29 is 18.7 Å². The van der Waals surface area contributed by atoms with Crippen LogP contribution in [0.4, 0.5) is 9.18 Å². The van der Waals surface area contributed by atoms with Gasteiger partial charge in [-0.3, -0.25) is 4.79 Å². The van der Waals surface area contributed by atoms with Crippen molar-refractivity contribution in [3.8, 4) is 0 Å². The quantitative estimate of drug-likeness (QED) is 0.835. The molecule has 1 heterocycles. The molecule has 0 spiro atoms. The fraction of sp³-hybridized carbons (Fsp3) is 0.619. The van der Waals surface area contributed by atoms with Gasteiger partial charge < -0.3 is 19.9 Å². The van der Waals surface area contributed by atoms with Crippen molar-refractivity contribution in [3.63, 3.8) is 0 Å². The molecule has 1 saturated heterocycles. The summed E-state index contributed by atoms with van der Waals surface area (Å²) in [5.41, 5.74) is 0.250. The van der Waals surface area contributed by atoms with Crippen molar-refractivity contribution in [1.29, 1.82) is 0 Å². The van der Waals surface area contributed by atoms with E-state index < -0.39 is 5.60 Å². The largest absolute Gasteiger partial charge is 0.444 e. The Morgan fingerprint density at radius 1 is 1.36 bits per heavy atom. The molecule has 6 nitrogen and oxygen atoms in total. The molecule has 1 N–H and O–H groups in total. The van der Waals surface area contributed by atoms with Gasteiger partial charge in [0, 0.05) is 19.6 Å². The van der Waals surface area contributed by atoms with Crippen molar-refractivity contribution in [3.05, 3.63) is 35.6 Å². The maximum atomic E-state index is 13.6. The van der Waals surface area contributed by atoms with Gasteiger partial charge in [-0.25, -0.2) is 9.18 Å². The topological polar surface area (TPSA) is 61.9 Å². The Bertz CT molecular complexity index is 688. The number of nitrogens with zero attached hydrogens (tertiary/aromatic N) is 2. The molecule has 0 aromatic heterocycles. The molecule has 1 aromatic carbocycles. The maximum absolute atomic E-state index is 13.6. The minimum Gasteiger partial charge on any atom is -0.444 e. The Balaban J connectivity index is 1.94. The third-order valence-electron chi connectivity index (χ3n) is 4.77. The molecule has 0 radical (unpaired) electrons. The number of ether oxygens (including phenoxy) is 1. The van der Waals surface area contributed by atoms with Crippen LogP contribution in [0.5, 0.6) is 0 Å². The summed E-state index contributed by atoms with van der Waals surface area (Å²) in [6.45, 7) is 6.81. The number of likely N-dealkylation sites (N-methyl/N-ethyl adjacent to an activating group) is 1. The highest BCUT2D eigenvalue weighted by Crippen LogP contribution is 2.21. The van der Waals surface area contributed by atoms with Gasteiger partial charge in [0.1, 0.15) is 11.4 Å². The van der Waals surface area contributed by atoms with E-state index in [1.165, 1.54) is 12.1 Å². The van der Waals surface area contributed by atoms with Gasteiger partial charge >= 0.3 is 6.09 Å². The van der Waals surface area contributed by atoms with Gasteiger partial charge in [-0.1, -0.05) is 12.1 Å². The zero-order valence-electron chi connectivity index (χ0n) is 17.5.